The standard InChI is InChI=1S/C40H36N4O2/c1-37(2)29-13-9-10-14-32(29)43(5)39(37)23-41-31-21-26(17-19-34(31)45-39)27-15-18-30-33(22-27)44(6)40(38(30,3)4)24-42-36-28-12-8-7-11-25(28)16-20-35(36)46-40/h7-24H,1-6H3. The number of fused-ring (bicyclic) bond motifs is 6. The Hall–Kier alpha value is -5.10. The number of likely N-dealkylation sites (N-methyl/N-ethyl adjacent to an activating group) is 2. The highest BCUT2D eigenvalue weighted by Crippen LogP contribution is 2.56. The van der Waals surface area contributed by atoms with Crippen molar-refractivity contribution >= 4 is 46.0 Å². The van der Waals surface area contributed by atoms with Gasteiger partial charge in [0.25, 0.3) is 0 Å². The molecule has 5 aromatic carbocycles. The first-order valence-electron chi connectivity index (χ1n) is 15.9. The molecule has 228 valence electrons. The number of benzene rings is 5. The molecule has 0 amide bonds. The lowest BCUT2D eigenvalue weighted by Gasteiger charge is -2.45. The van der Waals surface area contributed by atoms with E-state index in [1.54, 1.807) is 0 Å². The van der Waals surface area contributed by atoms with Gasteiger partial charge in [-0.05, 0) is 85.7 Å². The topological polar surface area (TPSA) is 49.7 Å². The summed E-state index contributed by atoms with van der Waals surface area (Å²) in [4.78, 5) is 14.5. The summed E-state index contributed by atoms with van der Waals surface area (Å²) >= 11 is 0. The van der Waals surface area contributed by atoms with Gasteiger partial charge in [0, 0.05) is 30.9 Å². The summed E-state index contributed by atoms with van der Waals surface area (Å²) in [6.07, 6.45) is 3.99. The first-order valence-corrected chi connectivity index (χ1v) is 15.9. The van der Waals surface area contributed by atoms with E-state index in [-0.39, 0.29) is 10.8 Å². The number of rotatable bonds is 1. The van der Waals surface area contributed by atoms with Crippen LogP contribution in [0.25, 0.3) is 21.9 Å². The van der Waals surface area contributed by atoms with Gasteiger partial charge >= 0.3 is 0 Å². The van der Waals surface area contributed by atoms with E-state index in [1.807, 2.05) is 12.4 Å². The Labute approximate surface area is 269 Å². The molecule has 4 aliphatic rings. The van der Waals surface area contributed by atoms with Crippen molar-refractivity contribution in [3.63, 3.8) is 0 Å². The van der Waals surface area contributed by atoms with Crippen LogP contribution in [-0.2, 0) is 10.8 Å². The molecule has 2 spiro atoms. The minimum atomic E-state index is -0.761. The molecule has 5 aromatic rings. The smallest absolute Gasteiger partial charge is 0.228 e. The van der Waals surface area contributed by atoms with Crippen LogP contribution in [0.15, 0.2) is 107 Å². The predicted molar refractivity (Wildman–Crippen MR) is 188 cm³/mol. The Balaban J connectivity index is 1.06. The average molecular weight is 605 g/mol. The number of para-hydroxylation sites is 1. The van der Waals surface area contributed by atoms with E-state index in [4.69, 9.17) is 19.5 Å². The van der Waals surface area contributed by atoms with Gasteiger partial charge in [0.05, 0.1) is 23.3 Å². The number of hydrogen-bond acceptors (Lipinski definition) is 6. The van der Waals surface area contributed by atoms with Crippen molar-refractivity contribution in [2.24, 2.45) is 9.98 Å². The van der Waals surface area contributed by atoms with E-state index >= 15 is 0 Å². The lowest BCUT2D eigenvalue weighted by molar-refractivity contribution is 0.0825. The van der Waals surface area contributed by atoms with Crippen LogP contribution < -0.4 is 19.3 Å². The lowest BCUT2D eigenvalue weighted by Crippen LogP contribution is -2.61. The van der Waals surface area contributed by atoms with Crippen LogP contribution in [0.4, 0.5) is 22.7 Å². The van der Waals surface area contributed by atoms with E-state index in [0.29, 0.717) is 0 Å². The van der Waals surface area contributed by atoms with Gasteiger partial charge in [0.1, 0.15) is 22.9 Å². The predicted octanol–water partition coefficient (Wildman–Crippen LogP) is 8.94. The molecule has 4 aliphatic heterocycles. The molecule has 6 nitrogen and oxygen atoms in total. The third kappa shape index (κ3) is 3.21. The van der Waals surface area contributed by atoms with Crippen molar-refractivity contribution in [3.8, 4) is 22.6 Å². The minimum absolute atomic E-state index is 0.288. The van der Waals surface area contributed by atoms with Crippen LogP contribution in [0.2, 0.25) is 0 Å². The van der Waals surface area contributed by atoms with Crippen molar-refractivity contribution in [2.45, 2.75) is 50.0 Å². The number of hydrogen-bond donors (Lipinski definition) is 0. The number of aliphatic imine (C=N–C) groups is 2. The number of ether oxygens (including phenoxy) is 2. The van der Waals surface area contributed by atoms with Crippen molar-refractivity contribution in [2.75, 3.05) is 23.9 Å². The molecule has 2 atom stereocenters. The molecule has 0 fully saturated rings. The average Bonchev–Trinajstić information content (AvgIpc) is 3.34. The molecule has 0 radical (unpaired) electrons. The lowest BCUT2D eigenvalue weighted by atomic mass is 9.77. The molecule has 0 aliphatic carbocycles. The van der Waals surface area contributed by atoms with Crippen molar-refractivity contribution in [1.29, 1.82) is 0 Å². The summed E-state index contributed by atoms with van der Waals surface area (Å²) in [6.45, 7) is 8.95. The zero-order valence-electron chi connectivity index (χ0n) is 27.0. The second kappa shape index (κ2) is 8.79. The molecular formula is C40H36N4O2. The summed E-state index contributed by atoms with van der Waals surface area (Å²) < 4.78 is 13.8. The van der Waals surface area contributed by atoms with Crippen LogP contribution in [0.1, 0.15) is 38.8 Å². The van der Waals surface area contributed by atoms with Crippen LogP contribution in [0.5, 0.6) is 11.5 Å². The van der Waals surface area contributed by atoms with Gasteiger partial charge < -0.3 is 19.3 Å². The maximum absolute atomic E-state index is 6.95. The van der Waals surface area contributed by atoms with Gasteiger partial charge in [0.15, 0.2) is 0 Å². The largest absolute Gasteiger partial charge is 0.459 e. The van der Waals surface area contributed by atoms with Crippen LogP contribution in [0, 0.1) is 0 Å². The summed E-state index contributed by atoms with van der Waals surface area (Å²) in [6, 6.07) is 34.1. The Morgan fingerprint density at radius 2 is 1.17 bits per heavy atom. The quantitative estimate of drug-likeness (QED) is 0.192. The Kier molecular flexibility index (Phi) is 5.20. The highest BCUT2D eigenvalue weighted by Gasteiger charge is 2.60. The molecule has 0 aromatic heterocycles. The fraction of sp³-hybridized carbons (Fsp3) is 0.250. The summed E-state index contributed by atoms with van der Waals surface area (Å²) in [5, 5.41) is 2.26. The van der Waals surface area contributed by atoms with E-state index in [9.17, 15) is 0 Å². The van der Waals surface area contributed by atoms with Crippen LogP contribution in [0.3, 0.4) is 0 Å². The number of nitrogens with zero attached hydrogens (tertiary/aromatic N) is 4. The minimum Gasteiger partial charge on any atom is -0.459 e. The summed E-state index contributed by atoms with van der Waals surface area (Å²) in [7, 11) is 4.20. The molecule has 6 heteroatoms. The SMILES string of the molecule is CN1c2ccccc2C(C)(C)C12C=Nc1cc(-c3ccc4c(c3)N(C)C3(C=Nc5c(ccc6ccccc56)O3)C4(C)C)ccc1O2. The third-order valence-corrected chi connectivity index (χ3v) is 11.2. The Morgan fingerprint density at radius 3 is 1.98 bits per heavy atom. The van der Waals surface area contributed by atoms with Crippen molar-refractivity contribution in [1.82, 2.24) is 0 Å². The van der Waals surface area contributed by atoms with E-state index in [2.05, 4.69) is 149 Å². The Bertz CT molecular complexity index is 2180. The molecular weight excluding hydrogens is 568 g/mol. The molecule has 2 unspecified atom stereocenters. The fourth-order valence-corrected chi connectivity index (χ4v) is 8.31. The second-order valence-corrected chi connectivity index (χ2v) is 14.0. The zero-order valence-corrected chi connectivity index (χ0v) is 27.0. The van der Waals surface area contributed by atoms with E-state index < -0.39 is 11.4 Å². The van der Waals surface area contributed by atoms with E-state index in [1.165, 1.54) is 16.8 Å². The zero-order chi connectivity index (χ0) is 31.6. The first kappa shape index (κ1) is 27.2. The molecule has 46 heavy (non-hydrogen) atoms. The van der Waals surface area contributed by atoms with Crippen LogP contribution >= 0.6 is 0 Å². The van der Waals surface area contributed by atoms with Crippen molar-refractivity contribution < 1.29 is 9.47 Å². The molecule has 0 N–H and O–H groups in total. The van der Waals surface area contributed by atoms with Gasteiger partial charge in [-0.3, -0.25) is 9.98 Å². The first-order chi connectivity index (χ1) is 22.1. The van der Waals surface area contributed by atoms with Gasteiger partial charge in [-0.25, -0.2) is 0 Å². The highest BCUT2D eigenvalue weighted by atomic mass is 16.5. The maximum atomic E-state index is 6.95. The Morgan fingerprint density at radius 1 is 0.565 bits per heavy atom. The van der Waals surface area contributed by atoms with Gasteiger partial charge in [-0.15, -0.1) is 0 Å². The summed E-state index contributed by atoms with van der Waals surface area (Å²) in [5.41, 5.74) is 6.60. The second-order valence-electron chi connectivity index (χ2n) is 14.0. The van der Waals surface area contributed by atoms with Gasteiger partial charge in [-0.2, -0.15) is 0 Å². The normalized spacial score (nSPS) is 24.0. The van der Waals surface area contributed by atoms with Crippen LogP contribution in [-0.4, -0.2) is 38.0 Å². The van der Waals surface area contributed by atoms with Gasteiger partial charge in [0.2, 0.25) is 11.4 Å². The molecule has 9 rings (SSSR count). The maximum Gasteiger partial charge on any atom is 0.228 e. The molecule has 0 saturated carbocycles. The third-order valence-electron chi connectivity index (χ3n) is 11.2. The number of anilines is 2. The van der Waals surface area contributed by atoms with E-state index in [0.717, 1.165) is 50.5 Å². The highest BCUT2D eigenvalue weighted by molar-refractivity contribution is 6.00. The molecule has 0 saturated heterocycles. The van der Waals surface area contributed by atoms with Crippen molar-refractivity contribution in [3.05, 3.63) is 108 Å². The molecule has 0 bridgehead atoms. The molecule has 4 heterocycles. The summed E-state index contributed by atoms with van der Waals surface area (Å²) in [5.74, 6) is 1.59. The van der Waals surface area contributed by atoms with Gasteiger partial charge in [-0.1, -0.05) is 66.7 Å². The monoisotopic (exact) mass is 604 g/mol. The fourth-order valence-electron chi connectivity index (χ4n) is 8.31.